The molecular weight excluding hydrogens is 460 g/mol. The first-order chi connectivity index (χ1) is 16.6. The van der Waals surface area contributed by atoms with E-state index in [2.05, 4.69) is 0 Å². The Bertz CT molecular complexity index is 1300. The molecule has 0 atom stereocenters. The number of thiophene rings is 1. The minimum atomic E-state index is -0.105. The van der Waals surface area contributed by atoms with Crippen LogP contribution in [0.5, 0.6) is 0 Å². The van der Waals surface area contributed by atoms with Gasteiger partial charge >= 0.3 is 0 Å². The Morgan fingerprint density at radius 2 is 1.71 bits per heavy atom. The highest BCUT2D eigenvalue weighted by Gasteiger charge is 2.54. The van der Waals surface area contributed by atoms with Crippen LogP contribution in [0.3, 0.4) is 0 Å². The lowest BCUT2D eigenvalue weighted by Crippen LogP contribution is -2.50. The maximum absolute atomic E-state index is 13.9. The molecule has 6 heteroatoms. The lowest BCUT2D eigenvalue weighted by Gasteiger charge is -2.56. The Kier molecular flexibility index (Phi) is 5.06. The number of thioether (sulfide) groups is 1. The number of nitrogens with zero attached hydrogens (tertiary/aromatic N) is 2. The molecule has 2 heterocycles. The Balaban J connectivity index is 1.26. The van der Waals surface area contributed by atoms with Crippen LogP contribution < -0.4 is 5.56 Å². The number of carbonyl (C=O) groups excluding carboxylic acids is 1. The molecule has 5 aliphatic carbocycles. The number of para-hydroxylation sites is 1. The van der Waals surface area contributed by atoms with Crippen LogP contribution in [0.2, 0.25) is 0 Å². The van der Waals surface area contributed by atoms with Gasteiger partial charge in [0.25, 0.3) is 5.56 Å². The molecule has 0 amide bonds. The van der Waals surface area contributed by atoms with Crippen LogP contribution in [-0.2, 0) is 17.6 Å². The van der Waals surface area contributed by atoms with Crippen LogP contribution >= 0.6 is 23.1 Å². The van der Waals surface area contributed by atoms with E-state index in [0.29, 0.717) is 16.7 Å². The largest absolute Gasteiger partial charge is 0.298 e. The molecule has 0 N–H and O–H groups in total. The minimum absolute atomic E-state index is 0.0281. The lowest BCUT2D eigenvalue weighted by molar-refractivity contribution is -0.141. The number of benzene rings is 1. The van der Waals surface area contributed by atoms with Gasteiger partial charge in [-0.2, -0.15) is 0 Å². The number of rotatable bonds is 5. The van der Waals surface area contributed by atoms with Crippen molar-refractivity contribution in [2.75, 3.05) is 5.75 Å². The van der Waals surface area contributed by atoms with E-state index in [-0.39, 0.29) is 11.0 Å². The number of aromatic nitrogens is 2. The molecule has 5 aliphatic rings. The molecule has 1 aromatic carbocycles. The standard InChI is InChI=1S/C28H30N2O2S2/c31-23(28-13-17-10-18(14-28)12-19(11-17)15-28)16-33-27-29-25-24(21-8-4-5-9-22(21)34-25)26(32)30(27)20-6-2-1-3-7-20/h1-3,6-7,17-19H,4-5,8-16H2. The summed E-state index contributed by atoms with van der Waals surface area (Å²) in [5.41, 5.74) is 1.98. The Morgan fingerprint density at radius 3 is 2.41 bits per heavy atom. The summed E-state index contributed by atoms with van der Waals surface area (Å²) in [6.07, 6.45) is 11.6. The van der Waals surface area contributed by atoms with Gasteiger partial charge in [0, 0.05) is 10.3 Å². The molecule has 34 heavy (non-hydrogen) atoms. The van der Waals surface area contributed by atoms with E-state index in [9.17, 15) is 9.59 Å². The van der Waals surface area contributed by atoms with Gasteiger partial charge in [-0.15, -0.1) is 11.3 Å². The van der Waals surface area contributed by atoms with E-state index < -0.39 is 0 Å². The molecule has 0 radical (unpaired) electrons. The van der Waals surface area contributed by atoms with Crippen molar-refractivity contribution < 1.29 is 4.79 Å². The second-order valence-corrected chi connectivity index (χ2v) is 13.2. The van der Waals surface area contributed by atoms with E-state index in [1.54, 1.807) is 15.9 Å². The fourth-order valence-corrected chi connectivity index (χ4v) is 10.2. The first-order valence-electron chi connectivity index (χ1n) is 12.9. The number of ketones is 1. The van der Waals surface area contributed by atoms with E-state index in [4.69, 9.17) is 4.98 Å². The van der Waals surface area contributed by atoms with Gasteiger partial charge in [0.1, 0.15) is 10.6 Å². The molecule has 0 unspecified atom stereocenters. The number of fused-ring (bicyclic) bond motifs is 3. The van der Waals surface area contributed by atoms with Gasteiger partial charge < -0.3 is 0 Å². The van der Waals surface area contributed by atoms with Crippen molar-refractivity contribution in [2.24, 2.45) is 23.2 Å². The van der Waals surface area contributed by atoms with Crippen molar-refractivity contribution in [2.45, 2.75) is 69.4 Å². The number of hydrogen-bond donors (Lipinski definition) is 0. The van der Waals surface area contributed by atoms with Crippen molar-refractivity contribution in [1.29, 1.82) is 0 Å². The number of hydrogen-bond acceptors (Lipinski definition) is 5. The van der Waals surface area contributed by atoms with Gasteiger partial charge in [-0.25, -0.2) is 4.98 Å². The highest BCUT2D eigenvalue weighted by atomic mass is 32.2. The zero-order valence-corrected chi connectivity index (χ0v) is 21.1. The smallest absolute Gasteiger partial charge is 0.267 e. The van der Waals surface area contributed by atoms with Crippen LogP contribution in [0.15, 0.2) is 40.3 Å². The third-order valence-corrected chi connectivity index (χ3v) is 11.1. The summed E-state index contributed by atoms with van der Waals surface area (Å²) < 4.78 is 1.77. The van der Waals surface area contributed by atoms with E-state index in [1.165, 1.54) is 47.9 Å². The molecular formula is C28H30N2O2S2. The van der Waals surface area contributed by atoms with Crippen molar-refractivity contribution in [1.82, 2.24) is 9.55 Å². The molecule has 0 spiro atoms. The summed E-state index contributed by atoms with van der Waals surface area (Å²) in [6, 6.07) is 9.84. The third-order valence-electron chi connectivity index (χ3n) is 8.93. The van der Waals surface area contributed by atoms with Crippen molar-refractivity contribution in [3.8, 4) is 5.69 Å². The summed E-state index contributed by atoms with van der Waals surface area (Å²) in [6.45, 7) is 0. The van der Waals surface area contributed by atoms with Gasteiger partial charge in [-0.3, -0.25) is 14.2 Å². The van der Waals surface area contributed by atoms with E-state index in [1.807, 2.05) is 30.3 Å². The Labute approximate surface area is 208 Å². The Hall–Kier alpha value is -1.92. The van der Waals surface area contributed by atoms with E-state index in [0.717, 1.165) is 72.2 Å². The van der Waals surface area contributed by atoms with Crippen LogP contribution in [0.4, 0.5) is 0 Å². The molecule has 8 rings (SSSR count). The molecule has 2 aromatic heterocycles. The van der Waals surface area contributed by atoms with Crippen molar-refractivity contribution >= 4 is 39.1 Å². The van der Waals surface area contributed by atoms with Crippen LogP contribution in [0, 0.1) is 23.2 Å². The monoisotopic (exact) mass is 490 g/mol. The molecule has 176 valence electrons. The zero-order chi connectivity index (χ0) is 22.9. The number of carbonyl (C=O) groups is 1. The first kappa shape index (κ1) is 21.4. The summed E-state index contributed by atoms with van der Waals surface area (Å²) in [5, 5.41) is 1.47. The van der Waals surface area contributed by atoms with Crippen LogP contribution in [-0.4, -0.2) is 21.1 Å². The van der Waals surface area contributed by atoms with Gasteiger partial charge in [0.15, 0.2) is 5.16 Å². The second-order valence-electron chi connectivity index (χ2n) is 11.2. The van der Waals surface area contributed by atoms with Gasteiger partial charge in [-0.05, 0) is 99.7 Å². The molecule has 4 nitrogen and oxygen atoms in total. The molecule has 4 bridgehead atoms. The van der Waals surface area contributed by atoms with Crippen LogP contribution in [0.1, 0.15) is 61.8 Å². The molecule has 4 saturated carbocycles. The Morgan fingerprint density at radius 1 is 1.03 bits per heavy atom. The lowest BCUT2D eigenvalue weighted by atomic mass is 9.48. The average Bonchev–Trinajstić information content (AvgIpc) is 3.21. The highest BCUT2D eigenvalue weighted by Crippen LogP contribution is 2.60. The molecule has 0 saturated heterocycles. The summed E-state index contributed by atoms with van der Waals surface area (Å²) in [5.74, 6) is 3.09. The summed E-state index contributed by atoms with van der Waals surface area (Å²) in [7, 11) is 0. The van der Waals surface area contributed by atoms with E-state index >= 15 is 0 Å². The van der Waals surface area contributed by atoms with Crippen molar-refractivity contribution in [3.63, 3.8) is 0 Å². The maximum Gasteiger partial charge on any atom is 0.267 e. The molecule has 0 aliphatic heterocycles. The van der Waals surface area contributed by atoms with Gasteiger partial charge in [0.05, 0.1) is 16.8 Å². The number of Topliss-reactive ketones (excluding diaryl/α,β-unsaturated/α-hetero) is 1. The molecule has 4 fully saturated rings. The summed E-state index contributed by atoms with van der Waals surface area (Å²) >= 11 is 3.17. The third kappa shape index (κ3) is 3.35. The minimum Gasteiger partial charge on any atom is -0.298 e. The first-order valence-corrected chi connectivity index (χ1v) is 14.7. The quantitative estimate of drug-likeness (QED) is 0.315. The van der Waals surface area contributed by atoms with Gasteiger partial charge in [-0.1, -0.05) is 30.0 Å². The number of aryl methyl sites for hydroxylation is 2. The fraction of sp³-hybridized carbons (Fsp3) is 0.536. The maximum atomic E-state index is 13.9. The van der Waals surface area contributed by atoms with Crippen molar-refractivity contribution in [3.05, 3.63) is 51.1 Å². The average molecular weight is 491 g/mol. The topological polar surface area (TPSA) is 52.0 Å². The predicted octanol–water partition coefficient (Wildman–Crippen LogP) is 6.20. The molecule has 3 aromatic rings. The fourth-order valence-electron chi connectivity index (χ4n) is 7.82. The summed E-state index contributed by atoms with van der Waals surface area (Å²) in [4.78, 5) is 34.8. The van der Waals surface area contributed by atoms with Crippen LogP contribution in [0.25, 0.3) is 15.9 Å². The highest BCUT2D eigenvalue weighted by molar-refractivity contribution is 7.99. The normalized spacial score (nSPS) is 29.5. The second kappa shape index (κ2) is 8.06. The van der Waals surface area contributed by atoms with Gasteiger partial charge in [0.2, 0.25) is 0 Å². The SMILES string of the molecule is O=C(CSc1nc2sc3c(c2c(=O)n1-c1ccccc1)CCCC3)C12CC3CC(CC(C3)C1)C2. The zero-order valence-electron chi connectivity index (χ0n) is 19.4. The predicted molar refractivity (Wildman–Crippen MR) is 138 cm³/mol.